The molecular weight excluding hydrogens is 241 g/mol. The van der Waals surface area contributed by atoms with Crippen molar-refractivity contribution < 1.29 is 13.2 Å². The maximum absolute atomic E-state index is 13.7. The predicted octanol–water partition coefficient (Wildman–Crippen LogP) is 3.44. The van der Waals surface area contributed by atoms with Crippen LogP contribution in [0, 0.1) is 17.5 Å². The SMILES string of the molecule is Fc1ccc(F)c(-n2cnc3ccccc32)c1F. The van der Waals surface area contributed by atoms with Crippen LogP contribution in [-0.4, -0.2) is 9.55 Å². The molecule has 0 saturated heterocycles. The van der Waals surface area contributed by atoms with Crippen molar-refractivity contribution in [3.63, 3.8) is 0 Å². The van der Waals surface area contributed by atoms with Gasteiger partial charge in [-0.25, -0.2) is 18.2 Å². The van der Waals surface area contributed by atoms with E-state index in [4.69, 9.17) is 0 Å². The number of benzene rings is 2. The van der Waals surface area contributed by atoms with E-state index in [1.165, 1.54) is 10.9 Å². The van der Waals surface area contributed by atoms with Crippen LogP contribution in [0.2, 0.25) is 0 Å². The number of hydrogen-bond acceptors (Lipinski definition) is 1. The molecule has 1 heterocycles. The Bertz CT molecular complexity index is 734. The zero-order valence-corrected chi connectivity index (χ0v) is 9.07. The van der Waals surface area contributed by atoms with Crippen molar-refractivity contribution >= 4 is 11.0 Å². The van der Waals surface area contributed by atoms with E-state index < -0.39 is 23.1 Å². The molecule has 0 aliphatic carbocycles. The first kappa shape index (κ1) is 10.8. The van der Waals surface area contributed by atoms with Gasteiger partial charge in [0.25, 0.3) is 0 Å². The number of fused-ring (bicyclic) bond motifs is 1. The van der Waals surface area contributed by atoms with Crippen LogP contribution in [0.3, 0.4) is 0 Å². The first-order valence-corrected chi connectivity index (χ1v) is 5.24. The summed E-state index contributed by atoms with van der Waals surface area (Å²) in [7, 11) is 0. The number of hydrogen-bond donors (Lipinski definition) is 0. The third kappa shape index (κ3) is 1.48. The minimum Gasteiger partial charge on any atom is -0.293 e. The summed E-state index contributed by atoms with van der Waals surface area (Å²) in [5.74, 6) is -3.15. The summed E-state index contributed by atoms with van der Waals surface area (Å²) in [4.78, 5) is 4.01. The maximum Gasteiger partial charge on any atom is 0.185 e. The van der Waals surface area contributed by atoms with Gasteiger partial charge in [-0.3, -0.25) is 4.57 Å². The van der Waals surface area contributed by atoms with Gasteiger partial charge in [-0.1, -0.05) is 12.1 Å². The van der Waals surface area contributed by atoms with Gasteiger partial charge in [-0.15, -0.1) is 0 Å². The highest BCUT2D eigenvalue weighted by Gasteiger charge is 2.17. The lowest BCUT2D eigenvalue weighted by atomic mass is 10.2. The van der Waals surface area contributed by atoms with Crippen molar-refractivity contribution in [1.29, 1.82) is 0 Å². The normalized spacial score (nSPS) is 11.1. The van der Waals surface area contributed by atoms with E-state index in [0.717, 1.165) is 12.1 Å². The van der Waals surface area contributed by atoms with Gasteiger partial charge in [0.15, 0.2) is 11.6 Å². The molecule has 18 heavy (non-hydrogen) atoms. The van der Waals surface area contributed by atoms with Gasteiger partial charge < -0.3 is 0 Å². The van der Waals surface area contributed by atoms with E-state index in [2.05, 4.69) is 4.98 Å². The Balaban J connectivity index is 2.36. The molecule has 0 N–H and O–H groups in total. The number of nitrogens with zero attached hydrogens (tertiary/aromatic N) is 2. The van der Waals surface area contributed by atoms with Crippen LogP contribution in [-0.2, 0) is 0 Å². The molecule has 5 heteroatoms. The lowest BCUT2D eigenvalue weighted by molar-refractivity contribution is 0.489. The second-order valence-corrected chi connectivity index (χ2v) is 3.80. The van der Waals surface area contributed by atoms with Crippen molar-refractivity contribution in [3.05, 3.63) is 60.2 Å². The van der Waals surface area contributed by atoms with Gasteiger partial charge in [0, 0.05) is 0 Å². The smallest absolute Gasteiger partial charge is 0.185 e. The summed E-state index contributed by atoms with van der Waals surface area (Å²) in [6.45, 7) is 0. The molecule has 0 aliphatic heterocycles. The largest absolute Gasteiger partial charge is 0.293 e. The average molecular weight is 248 g/mol. The Morgan fingerprint density at radius 3 is 2.44 bits per heavy atom. The first-order chi connectivity index (χ1) is 8.68. The minimum atomic E-state index is -1.22. The van der Waals surface area contributed by atoms with Crippen molar-refractivity contribution in [1.82, 2.24) is 9.55 Å². The number of imidazole rings is 1. The van der Waals surface area contributed by atoms with Crippen LogP contribution in [0.15, 0.2) is 42.7 Å². The van der Waals surface area contributed by atoms with Gasteiger partial charge in [-0.05, 0) is 24.3 Å². The lowest BCUT2D eigenvalue weighted by Gasteiger charge is -2.07. The molecule has 3 aromatic rings. The van der Waals surface area contributed by atoms with Crippen LogP contribution in [0.25, 0.3) is 16.7 Å². The fourth-order valence-electron chi connectivity index (χ4n) is 1.87. The third-order valence-corrected chi connectivity index (χ3v) is 2.71. The van der Waals surface area contributed by atoms with Crippen LogP contribution in [0.1, 0.15) is 0 Å². The topological polar surface area (TPSA) is 17.8 Å². The van der Waals surface area contributed by atoms with Crippen LogP contribution in [0.5, 0.6) is 0 Å². The number of para-hydroxylation sites is 2. The molecule has 0 radical (unpaired) electrons. The fraction of sp³-hybridized carbons (Fsp3) is 0. The van der Waals surface area contributed by atoms with Gasteiger partial charge in [-0.2, -0.15) is 0 Å². The Labute approximate surface area is 100 Å². The molecular formula is C13H7F3N2. The summed E-state index contributed by atoms with van der Waals surface area (Å²) < 4.78 is 41.7. The molecule has 0 atom stereocenters. The molecule has 2 nitrogen and oxygen atoms in total. The van der Waals surface area contributed by atoms with Crippen LogP contribution < -0.4 is 0 Å². The van der Waals surface area contributed by atoms with Gasteiger partial charge in [0.1, 0.15) is 17.8 Å². The highest BCUT2D eigenvalue weighted by atomic mass is 19.2. The molecule has 1 aromatic heterocycles. The summed E-state index contributed by atoms with van der Waals surface area (Å²) in [6.07, 6.45) is 1.27. The van der Waals surface area contributed by atoms with Crippen molar-refractivity contribution in [3.8, 4) is 5.69 Å². The van der Waals surface area contributed by atoms with Crippen molar-refractivity contribution in [2.45, 2.75) is 0 Å². The molecule has 2 aromatic carbocycles. The second-order valence-electron chi connectivity index (χ2n) is 3.80. The number of rotatable bonds is 1. The molecule has 0 amide bonds. The second kappa shape index (κ2) is 3.87. The van der Waals surface area contributed by atoms with E-state index in [0.29, 0.717) is 11.0 Å². The Morgan fingerprint density at radius 2 is 1.61 bits per heavy atom. The Morgan fingerprint density at radius 1 is 0.889 bits per heavy atom. The van der Waals surface area contributed by atoms with E-state index in [-0.39, 0.29) is 0 Å². The highest BCUT2D eigenvalue weighted by molar-refractivity contribution is 5.77. The maximum atomic E-state index is 13.7. The zero-order valence-electron chi connectivity index (χ0n) is 9.07. The fourth-order valence-corrected chi connectivity index (χ4v) is 1.87. The number of aromatic nitrogens is 2. The zero-order chi connectivity index (χ0) is 12.7. The summed E-state index contributed by atoms with van der Waals surface area (Å²) in [5, 5.41) is 0. The molecule has 0 saturated carbocycles. The lowest BCUT2D eigenvalue weighted by Crippen LogP contribution is -2.02. The average Bonchev–Trinajstić information content (AvgIpc) is 2.79. The quantitative estimate of drug-likeness (QED) is 0.603. The molecule has 0 bridgehead atoms. The van der Waals surface area contributed by atoms with E-state index in [9.17, 15) is 13.2 Å². The molecule has 0 aliphatic rings. The van der Waals surface area contributed by atoms with Crippen molar-refractivity contribution in [2.75, 3.05) is 0 Å². The Kier molecular flexibility index (Phi) is 2.33. The highest BCUT2D eigenvalue weighted by Crippen LogP contribution is 2.24. The van der Waals surface area contributed by atoms with E-state index in [1.807, 2.05) is 0 Å². The summed E-state index contributed by atoms with van der Waals surface area (Å²) >= 11 is 0. The summed E-state index contributed by atoms with van der Waals surface area (Å²) in [6, 6.07) is 8.50. The first-order valence-electron chi connectivity index (χ1n) is 5.24. The third-order valence-electron chi connectivity index (χ3n) is 2.71. The van der Waals surface area contributed by atoms with Crippen molar-refractivity contribution in [2.24, 2.45) is 0 Å². The summed E-state index contributed by atoms with van der Waals surface area (Å²) in [5.41, 5.74) is 0.644. The molecule has 0 unspecified atom stereocenters. The number of halogens is 3. The minimum absolute atomic E-state index is 0.455. The standard InChI is InChI=1S/C13H7F3N2/c14-8-5-6-9(15)13(12(8)16)18-7-17-10-3-1-2-4-11(10)18/h1-7H. The molecule has 3 rings (SSSR count). The molecule has 0 spiro atoms. The molecule has 0 fully saturated rings. The van der Waals surface area contributed by atoms with Crippen LogP contribution in [0.4, 0.5) is 13.2 Å². The van der Waals surface area contributed by atoms with Gasteiger partial charge in [0.05, 0.1) is 11.0 Å². The van der Waals surface area contributed by atoms with E-state index in [1.54, 1.807) is 24.3 Å². The van der Waals surface area contributed by atoms with Gasteiger partial charge in [0.2, 0.25) is 0 Å². The molecule has 90 valence electrons. The van der Waals surface area contributed by atoms with Crippen LogP contribution >= 0.6 is 0 Å². The monoisotopic (exact) mass is 248 g/mol. The van der Waals surface area contributed by atoms with E-state index >= 15 is 0 Å². The Hall–Kier alpha value is -2.30. The predicted molar refractivity (Wildman–Crippen MR) is 60.9 cm³/mol. The van der Waals surface area contributed by atoms with Gasteiger partial charge >= 0.3 is 0 Å².